The van der Waals surface area contributed by atoms with Gasteiger partial charge in [0.25, 0.3) is 0 Å². The molecule has 0 spiro atoms. The Kier molecular flexibility index (Phi) is 4.58. The first-order chi connectivity index (χ1) is 8.72. The minimum Gasteiger partial charge on any atom is -0.479 e. The van der Waals surface area contributed by atoms with Crippen molar-refractivity contribution in [2.75, 3.05) is 13.7 Å². The SMILES string of the molecule is CCOC1CC(NC(=O)C(C)OC)(C(=O)O)C1(C)C. The van der Waals surface area contributed by atoms with Gasteiger partial charge in [0.15, 0.2) is 0 Å². The molecule has 110 valence electrons. The van der Waals surface area contributed by atoms with Crippen LogP contribution >= 0.6 is 0 Å². The summed E-state index contributed by atoms with van der Waals surface area (Å²) in [6, 6.07) is 0. The van der Waals surface area contributed by atoms with Crippen LogP contribution in [-0.4, -0.2) is 48.4 Å². The van der Waals surface area contributed by atoms with Gasteiger partial charge in [-0.25, -0.2) is 4.79 Å². The maximum atomic E-state index is 11.9. The first-order valence-electron chi connectivity index (χ1n) is 6.42. The maximum Gasteiger partial charge on any atom is 0.330 e. The van der Waals surface area contributed by atoms with Gasteiger partial charge in [0.05, 0.1) is 6.10 Å². The normalized spacial score (nSPS) is 30.3. The monoisotopic (exact) mass is 273 g/mol. The van der Waals surface area contributed by atoms with Gasteiger partial charge in [-0.05, 0) is 13.8 Å². The molecule has 1 aliphatic carbocycles. The Balaban J connectivity index is 2.91. The van der Waals surface area contributed by atoms with E-state index < -0.39 is 28.9 Å². The quantitative estimate of drug-likeness (QED) is 0.747. The highest BCUT2D eigenvalue weighted by Gasteiger charge is 2.66. The second-order valence-corrected chi connectivity index (χ2v) is 5.45. The Hall–Kier alpha value is -1.14. The number of hydrogen-bond donors (Lipinski definition) is 2. The van der Waals surface area contributed by atoms with Gasteiger partial charge in [-0.15, -0.1) is 0 Å². The van der Waals surface area contributed by atoms with Crippen LogP contribution in [0.3, 0.4) is 0 Å². The van der Waals surface area contributed by atoms with Crippen LogP contribution in [0.1, 0.15) is 34.1 Å². The van der Waals surface area contributed by atoms with Crippen LogP contribution in [0.5, 0.6) is 0 Å². The van der Waals surface area contributed by atoms with Crippen LogP contribution in [0.4, 0.5) is 0 Å². The molecule has 0 aromatic rings. The molecular weight excluding hydrogens is 250 g/mol. The third-order valence-corrected chi connectivity index (χ3v) is 4.19. The molecule has 19 heavy (non-hydrogen) atoms. The minimum absolute atomic E-state index is 0.174. The van der Waals surface area contributed by atoms with Gasteiger partial charge in [-0.2, -0.15) is 0 Å². The van der Waals surface area contributed by atoms with Crippen molar-refractivity contribution in [2.45, 2.75) is 51.9 Å². The molecule has 2 N–H and O–H groups in total. The van der Waals surface area contributed by atoms with Crippen LogP contribution in [0.15, 0.2) is 0 Å². The number of aliphatic carboxylic acids is 1. The molecule has 0 aliphatic heterocycles. The van der Waals surface area contributed by atoms with Crippen molar-refractivity contribution in [3.8, 4) is 0 Å². The molecule has 0 bridgehead atoms. The predicted molar refractivity (Wildman–Crippen MR) is 68.8 cm³/mol. The molecule has 0 radical (unpaired) electrons. The number of amides is 1. The molecule has 0 heterocycles. The van der Waals surface area contributed by atoms with Crippen molar-refractivity contribution >= 4 is 11.9 Å². The standard InChI is InChI=1S/C13H23NO5/c1-6-19-9-7-13(11(16)17,12(9,3)4)14-10(15)8(2)18-5/h8-9H,6-7H2,1-5H3,(H,14,15)(H,16,17). The van der Waals surface area contributed by atoms with Crippen LogP contribution in [0, 0.1) is 5.41 Å². The molecule has 3 unspecified atom stereocenters. The fraction of sp³-hybridized carbons (Fsp3) is 0.846. The lowest BCUT2D eigenvalue weighted by Crippen LogP contribution is -2.76. The number of ether oxygens (including phenoxy) is 2. The van der Waals surface area contributed by atoms with E-state index in [1.165, 1.54) is 7.11 Å². The van der Waals surface area contributed by atoms with E-state index in [0.29, 0.717) is 6.61 Å². The Morgan fingerprint density at radius 2 is 2.05 bits per heavy atom. The Bertz CT molecular complexity index is 368. The van der Waals surface area contributed by atoms with E-state index in [0.717, 1.165) is 0 Å². The molecule has 3 atom stereocenters. The summed E-state index contributed by atoms with van der Waals surface area (Å²) < 4.78 is 10.4. The average molecular weight is 273 g/mol. The number of nitrogens with one attached hydrogen (secondary N) is 1. The van der Waals surface area contributed by atoms with Gasteiger partial charge < -0.3 is 19.9 Å². The van der Waals surface area contributed by atoms with E-state index in [9.17, 15) is 14.7 Å². The second-order valence-electron chi connectivity index (χ2n) is 5.45. The molecular formula is C13H23NO5. The summed E-state index contributed by atoms with van der Waals surface area (Å²) >= 11 is 0. The third kappa shape index (κ3) is 2.47. The topological polar surface area (TPSA) is 84.9 Å². The van der Waals surface area contributed by atoms with Crippen LogP contribution in [-0.2, 0) is 19.1 Å². The van der Waals surface area contributed by atoms with Gasteiger partial charge in [0, 0.05) is 25.6 Å². The zero-order chi connectivity index (χ0) is 14.8. The first-order valence-corrected chi connectivity index (χ1v) is 6.42. The molecule has 6 heteroatoms. The highest BCUT2D eigenvalue weighted by Crippen LogP contribution is 2.51. The maximum absolute atomic E-state index is 11.9. The zero-order valence-corrected chi connectivity index (χ0v) is 12.1. The van der Waals surface area contributed by atoms with Gasteiger partial charge in [0.2, 0.25) is 5.91 Å². The van der Waals surface area contributed by atoms with Gasteiger partial charge >= 0.3 is 5.97 Å². The summed E-state index contributed by atoms with van der Waals surface area (Å²) in [5.41, 5.74) is -1.96. The van der Waals surface area contributed by atoms with E-state index in [-0.39, 0.29) is 12.5 Å². The molecule has 6 nitrogen and oxygen atoms in total. The predicted octanol–water partition coefficient (Wildman–Crippen LogP) is 0.796. The molecule has 0 aromatic carbocycles. The largest absolute Gasteiger partial charge is 0.479 e. The highest BCUT2D eigenvalue weighted by molar-refractivity contribution is 5.91. The average Bonchev–Trinajstić information content (AvgIpc) is 2.35. The molecule has 1 fully saturated rings. The molecule has 1 aliphatic rings. The lowest BCUT2D eigenvalue weighted by Gasteiger charge is -2.58. The van der Waals surface area contributed by atoms with E-state index in [2.05, 4.69) is 5.32 Å². The third-order valence-electron chi connectivity index (χ3n) is 4.19. The molecule has 1 amide bonds. The highest BCUT2D eigenvalue weighted by atomic mass is 16.5. The van der Waals surface area contributed by atoms with Crippen LogP contribution < -0.4 is 5.32 Å². The Labute approximate surface area is 113 Å². The summed E-state index contributed by atoms with van der Waals surface area (Å²) in [6.07, 6.45) is -0.587. The lowest BCUT2D eigenvalue weighted by molar-refractivity contribution is -0.195. The Morgan fingerprint density at radius 3 is 2.42 bits per heavy atom. The molecule has 0 saturated heterocycles. The lowest BCUT2D eigenvalue weighted by atomic mass is 9.54. The van der Waals surface area contributed by atoms with E-state index in [1.54, 1.807) is 20.8 Å². The van der Waals surface area contributed by atoms with Crippen molar-refractivity contribution in [3.63, 3.8) is 0 Å². The molecule has 0 aromatic heterocycles. The summed E-state index contributed by atoms with van der Waals surface area (Å²) in [6.45, 7) is 7.55. The number of carboxylic acids is 1. The number of carbonyl (C=O) groups excluding carboxylic acids is 1. The fourth-order valence-corrected chi connectivity index (χ4v) is 2.46. The van der Waals surface area contributed by atoms with Crippen LogP contribution in [0.25, 0.3) is 0 Å². The van der Waals surface area contributed by atoms with Crippen molar-refractivity contribution < 1.29 is 24.2 Å². The fourth-order valence-electron chi connectivity index (χ4n) is 2.46. The number of methoxy groups -OCH3 is 1. The first kappa shape index (κ1) is 15.9. The second kappa shape index (κ2) is 5.46. The van der Waals surface area contributed by atoms with Crippen molar-refractivity contribution in [1.82, 2.24) is 5.32 Å². The number of rotatable bonds is 6. The van der Waals surface area contributed by atoms with Gasteiger partial charge in [-0.3, -0.25) is 4.79 Å². The Morgan fingerprint density at radius 1 is 1.47 bits per heavy atom. The minimum atomic E-state index is -1.29. The van der Waals surface area contributed by atoms with Crippen molar-refractivity contribution in [3.05, 3.63) is 0 Å². The smallest absolute Gasteiger partial charge is 0.330 e. The molecule has 1 saturated carbocycles. The summed E-state index contributed by atoms with van der Waals surface area (Å²) in [5.74, 6) is -1.46. The summed E-state index contributed by atoms with van der Waals surface area (Å²) in [7, 11) is 1.41. The molecule has 1 rings (SSSR count). The van der Waals surface area contributed by atoms with E-state index in [4.69, 9.17) is 9.47 Å². The number of carboxylic acid groups (broad SMARTS) is 1. The number of hydrogen-bond acceptors (Lipinski definition) is 4. The van der Waals surface area contributed by atoms with E-state index in [1.807, 2.05) is 6.92 Å². The van der Waals surface area contributed by atoms with Crippen molar-refractivity contribution in [2.24, 2.45) is 5.41 Å². The van der Waals surface area contributed by atoms with Crippen LogP contribution in [0.2, 0.25) is 0 Å². The van der Waals surface area contributed by atoms with Crippen molar-refractivity contribution in [1.29, 1.82) is 0 Å². The van der Waals surface area contributed by atoms with E-state index >= 15 is 0 Å². The summed E-state index contributed by atoms with van der Waals surface area (Å²) in [4.78, 5) is 23.5. The number of carbonyl (C=O) groups is 2. The summed E-state index contributed by atoms with van der Waals surface area (Å²) in [5, 5.41) is 12.1. The zero-order valence-electron chi connectivity index (χ0n) is 12.1. The van der Waals surface area contributed by atoms with Gasteiger partial charge in [-0.1, -0.05) is 13.8 Å². The van der Waals surface area contributed by atoms with Gasteiger partial charge in [0.1, 0.15) is 11.6 Å².